The van der Waals surface area contributed by atoms with Crippen LogP contribution in [0.2, 0.25) is 0 Å². The number of nitrogens with zero attached hydrogens (tertiary/aromatic N) is 1. The zero-order chi connectivity index (χ0) is 14.7. The van der Waals surface area contributed by atoms with Crippen molar-refractivity contribution in [3.05, 3.63) is 69.4 Å². The van der Waals surface area contributed by atoms with Crippen LogP contribution in [0.15, 0.2) is 46.9 Å². The molecule has 2 aromatic carbocycles. The fourth-order valence-corrected chi connectivity index (χ4v) is 2.62. The molecule has 0 unspecified atom stereocenters. The second-order valence-corrected chi connectivity index (χ2v) is 5.72. The van der Waals surface area contributed by atoms with E-state index in [1.165, 1.54) is 12.1 Å². The molecule has 0 aliphatic rings. The molecule has 20 heavy (non-hydrogen) atoms. The molecule has 0 N–H and O–H groups in total. The Morgan fingerprint density at radius 1 is 1.20 bits per heavy atom. The van der Waals surface area contributed by atoms with Gasteiger partial charge in [-0.05, 0) is 48.4 Å². The zero-order valence-corrected chi connectivity index (χ0v) is 12.9. The molecule has 2 rings (SSSR count). The topological polar surface area (TPSA) is 20.3 Å². The third kappa shape index (κ3) is 3.67. The van der Waals surface area contributed by atoms with E-state index in [0.717, 1.165) is 15.6 Å². The number of hydrogen-bond donors (Lipinski definition) is 0. The lowest BCUT2D eigenvalue weighted by molar-refractivity contribution is 0.0785. The molecule has 0 saturated carbocycles. The van der Waals surface area contributed by atoms with Gasteiger partial charge in [0.2, 0.25) is 0 Å². The largest absolute Gasteiger partial charge is 0.337 e. The summed E-state index contributed by atoms with van der Waals surface area (Å²) in [6, 6.07) is 11.8. The van der Waals surface area contributed by atoms with E-state index in [9.17, 15) is 9.18 Å². The molecule has 104 valence electrons. The van der Waals surface area contributed by atoms with Crippen LogP contribution in [0.5, 0.6) is 0 Å². The number of aryl methyl sites for hydroxylation is 1. The fourth-order valence-electron chi connectivity index (χ4n) is 2.02. The van der Waals surface area contributed by atoms with E-state index in [1.807, 2.05) is 19.1 Å². The van der Waals surface area contributed by atoms with E-state index in [2.05, 4.69) is 15.9 Å². The summed E-state index contributed by atoms with van der Waals surface area (Å²) >= 11 is 3.39. The average Bonchev–Trinajstić information content (AvgIpc) is 2.39. The summed E-state index contributed by atoms with van der Waals surface area (Å²) in [5.74, 6) is -0.330. The van der Waals surface area contributed by atoms with E-state index >= 15 is 0 Å². The monoisotopic (exact) mass is 335 g/mol. The van der Waals surface area contributed by atoms with Crippen molar-refractivity contribution in [3.8, 4) is 0 Å². The summed E-state index contributed by atoms with van der Waals surface area (Å²) in [5.41, 5.74) is 2.56. The minimum atomic E-state index is -0.273. The van der Waals surface area contributed by atoms with Gasteiger partial charge in [0.05, 0.1) is 0 Å². The molecule has 0 bridgehead atoms. The Labute approximate surface area is 126 Å². The van der Waals surface area contributed by atoms with Crippen molar-refractivity contribution < 1.29 is 9.18 Å². The Morgan fingerprint density at radius 2 is 1.85 bits per heavy atom. The summed E-state index contributed by atoms with van der Waals surface area (Å²) in [5, 5.41) is 0. The molecule has 1 amide bonds. The maximum absolute atomic E-state index is 12.9. The molecule has 0 atom stereocenters. The third-order valence-electron chi connectivity index (χ3n) is 2.97. The number of hydrogen-bond acceptors (Lipinski definition) is 1. The van der Waals surface area contributed by atoms with Gasteiger partial charge < -0.3 is 4.90 Å². The maximum atomic E-state index is 12.9. The first-order valence-corrected chi connectivity index (χ1v) is 7.02. The molecular formula is C16H15BrFNO. The van der Waals surface area contributed by atoms with Crippen molar-refractivity contribution in [2.24, 2.45) is 0 Å². The number of carbonyl (C=O) groups is 1. The van der Waals surface area contributed by atoms with E-state index in [4.69, 9.17) is 0 Å². The molecule has 2 aromatic rings. The first-order chi connectivity index (χ1) is 9.45. The summed E-state index contributed by atoms with van der Waals surface area (Å²) in [7, 11) is 1.74. The minimum Gasteiger partial charge on any atom is -0.337 e. The van der Waals surface area contributed by atoms with Gasteiger partial charge in [-0.1, -0.05) is 28.1 Å². The van der Waals surface area contributed by atoms with Gasteiger partial charge in [-0.25, -0.2) is 4.39 Å². The van der Waals surface area contributed by atoms with Gasteiger partial charge in [-0.15, -0.1) is 0 Å². The quantitative estimate of drug-likeness (QED) is 0.824. The number of halogens is 2. The van der Waals surface area contributed by atoms with E-state index in [1.54, 1.807) is 30.1 Å². The first kappa shape index (κ1) is 14.7. The second kappa shape index (κ2) is 6.18. The number of carbonyl (C=O) groups excluding carboxylic acids is 1. The number of benzene rings is 2. The van der Waals surface area contributed by atoms with Crippen molar-refractivity contribution in [3.63, 3.8) is 0 Å². The standard InChI is InChI=1S/C16H15BrFNO/c1-11-7-13(9-14(17)8-11)16(20)19(2)10-12-3-5-15(18)6-4-12/h3-9H,10H2,1-2H3. The van der Waals surface area contributed by atoms with E-state index in [0.29, 0.717) is 12.1 Å². The number of amides is 1. The Bertz CT molecular complexity index is 605. The molecule has 0 fully saturated rings. The first-order valence-electron chi connectivity index (χ1n) is 6.23. The van der Waals surface area contributed by atoms with Crippen molar-refractivity contribution in [2.75, 3.05) is 7.05 Å². The predicted octanol–water partition coefficient (Wildman–Crippen LogP) is 4.17. The molecule has 0 aliphatic carbocycles. The Kier molecular flexibility index (Phi) is 4.55. The van der Waals surface area contributed by atoms with Crippen molar-refractivity contribution >= 4 is 21.8 Å². The van der Waals surface area contributed by atoms with Crippen LogP contribution in [-0.4, -0.2) is 17.9 Å². The van der Waals surface area contributed by atoms with Gasteiger partial charge in [0.15, 0.2) is 0 Å². The molecule has 0 heterocycles. The van der Waals surface area contributed by atoms with Crippen LogP contribution >= 0.6 is 15.9 Å². The van der Waals surface area contributed by atoms with Crippen LogP contribution < -0.4 is 0 Å². The highest BCUT2D eigenvalue weighted by molar-refractivity contribution is 9.10. The highest BCUT2D eigenvalue weighted by Gasteiger charge is 2.13. The molecule has 4 heteroatoms. The van der Waals surface area contributed by atoms with Gasteiger partial charge in [0, 0.05) is 23.6 Å². The average molecular weight is 336 g/mol. The second-order valence-electron chi connectivity index (χ2n) is 4.80. The Morgan fingerprint density at radius 3 is 2.45 bits per heavy atom. The molecule has 0 aromatic heterocycles. The predicted molar refractivity (Wildman–Crippen MR) is 81.1 cm³/mol. The molecule has 0 radical (unpaired) electrons. The van der Waals surface area contributed by atoms with Gasteiger partial charge in [-0.2, -0.15) is 0 Å². The summed E-state index contributed by atoms with van der Waals surface area (Å²) in [4.78, 5) is 14.0. The highest BCUT2D eigenvalue weighted by atomic mass is 79.9. The molecule has 0 spiro atoms. The van der Waals surface area contributed by atoms with Crippen LogP contribution in [0.3, 0.4) is 0 Å². The van der Waals surface area contributed by atoms with Crippen LogP contribution in [0.25, 0.3) is 0 Å². The highest BCUT2D eigenvalue weighted by Crippen LogP contribution is 2.17. The lowest BCUT2D eigenvalue weighted by atomic mass is 10.1. The Hall–Kier alpha value is -1.68. The third-order valence-corrected chi connectivity index (χ3v) is 3.43. The fraction of sp³-hybridized carbons (Fsp3) is 0.188. The number of rotatable bonds is 3. The zero-order valence-electron chi connectivity index (χ0n) is 11.4. The normalized spacial score (nSPS) is 10.4. The van der Waals surface area contributed by atoms with Crippen molar-refractivity contribution in [1.82, 2.24) is 4.90 Å². The lowest BCUT2D eigenvalue weighted by Gasteiger charge is -2.18. The smallest absolute Gasteiger partial charge is 0.253 e. The maximum Gasteiger partial charge on any atom is 0.253 e. The van der Waals surface area contributed by atoms with Crippen LogP contribution in [0.1, 0.15) is 21.5 Å². The molecule has 2 nitrogen and oxygen atoms in total. The van der Waals surface area contributed by atoms with E-state index in [-0.39, 0.29) is 11.7 Å². The minimum absolute atomic E-state index is 0.0567. The van der Waals surface area contributed by atoms with Crippen molar-refractivity contribution in [2.45, 2.75) is 13.5 Å². The lowest BCUT2D eigenvalue weighted by Crippen LogP contribution is -2.26. The van der Waals surface area contributed by atoms with Gasteiger partial charge in [-0.3, -0.25) is 4.79 Å². The van der Waals surface area contributed by atoms with Crippen molar-refractivity contribution in [1.29, 1.82) is 0 Å². The molecular weight excluding hydrogens is 321 g/mol. The van der Waals surface area contributed by atoms with Gasteiger partial charge in [0.1, 0.15) is 5.82 Å². The Balaban J connectivity index is 2.14. The summed E-state index contributed by atoms with van der Waals surface area (Å²) in [6.07, 6.45) is 0. The SMILES string of the molecule is Cc1cc(Br)cc(C(=O)N(C)Cc2ccc(F)cc2)c1. The van der Waals surface area contributed by atoms with Crippen LogP contribution in [0.4, 0.5) is 4.39 Å². The van der Waals surface area contributed by atoms with Gasteiger partial charge in [0.25, 0.3) is 5.91 Å². The summed E-state index contributed by atoms with van der Waals surface area (Å²) in [6.45, 7) is 2.40. The van der Waals surface area contributed by atoms with Gasteiger partial charge >= 0.3 is 0 Å². The molecule has 0 saturated heterocycles. The molecule has 0 aliphatic heterocycles. The summed E-state index contributed by atoms with van der Waals surface area (Å²) < 4.78 is 13.7. The van der Waals surface area contributed by atoms with Crippen LogP contribution in [-0.2, 0) is 6.54 Å². The van der Waals surface area contributed by atoms with E-state index < -0.39 is 0 Å². The van der Waals surface area contributed by atoms with Crippen LogP contribution in [0, 0.1) is 12.7 Å².